The molecule has 0 aromatic carbocycles. The van der Waals surface area contributed by atoms with Gasteiger partial charge in [-0.2, -0.15) is 0 Å². The van der Waals surface area contributed by atoms with Crippen molar-refractivity contribution in [3.05, 3.63) is 0 Å². The molecule has 0 radical (unpaired) electrons. The molecule has 1 heteroatoms. The van der Waals surface area contributed by atoms with E-state index < -0.39 is 0 Å². The van der Waals surface area contributed by atoms with Gasteiger partial charge in [-0.25, -0.2) is 0 Å². The predicted octanol–water partition coefficient (Wildman–Crippen LogP) is 3.05. The molecule has 1 nitrogen and oxygen atoms in total. The predicted molar refractivity (Wildman–Crippen MR) is 52.7 cm³/mol. The Morgan fingerprint density at radius 3 is 2.42 bits per heavy atom. The third-order valence-corrected chi connectivity index (χ3v) is 3.38. The molecule has 0 aromatic rings. The van der Waals surface area contributed by atoms with Gasteiger partial charge in [0, 0.05) is 12.3 Å². The summed E-state index contributed by atoms with van der Waals surface area (Å²) in [5.74, 6) is 1.67. The van der Waals surface area contributed by atoms with E-state index in [9.17, 15) is 0 Å². The fraction of sp³-hybridized carbons (Fsp3) is 0.909. The van der Waals surface area contributed by atoms with Crippen molar-refractivity contribution in [2.24, 2.45) is 16.8 Å². The van der Waals surface area contributed by atoms with Crippen molar-refractivity contribution in [1.82, 2.24) is 0 Å². The maximum absolute atomic E-state index is 4.66. The molecular formula is C11H19N. The van der Waals surface area contributed by atoms with Crippen molar-refractivity contribution in [3.8, 4) is 0 Å². The van der Waals surface area contributed by atoms with Crippen LogP contribution < -0.4 is 0 Å². The highest BCUT2D eigenvalue weighted by molar-refractivity contribution is 5.90. The van der Waals surface area contributed by atoms with Crippen LogP contribution in [0.3, 0.4) is 0 Å². The average Bonchev–Trinajstić information content (AvgIpc) is 2.53. The summed E-state index contributed by atoms with van der Waals surface area (Å²) in [4.78, 5) is 4.66. The summed E-state index contributed by atoms with van der Waals surface area (Å²) in [6.07, 6.45) is 8.49. The minimum absolute atomic E-state index is 0.799. The summed E-state index contributed by atoms with van der Waals surface area (Å²) in [5, 5.41) is 0. The Morgan fingerprint density at radius 2 is 1.83 bits per heavy atom. The number of hydrogen-bond acceptors (Lipinski definition) is 1. The van der Waals surface area contributed by atoms with Gasteiger partial charge in [0.25, 0.3) is 0 Å². The van der Waals surface area contributed by atoms with Crippen LogP contribution in [0.5, 0.6) is 0 Å². The second-order valence-electron chi connectivity index (χ2n) is 4.33. The summed E-state index contributed by atoms with van der Waals surface area (Å²) in [6, 6.07) is 0. The molecule has 0 spiro atoms. The van der Waals surface area contributed by atoms with Gasteiger partial charge in [0.15, 0.2) is 0 Å². The van der Waals surface area contributed by atoms with Crippen molar-refractivity contribution in [2.75, 3.05) is 6.54 Å². The molecule has 0 saturated heterocycles. The Labute approximate surface area is 75.3 Å². The van der Waals surface area contributed by atoms with Crippen LogP contribution in [0.1, 0.15) is 45.4 Å². The maximum atomic E-state index is 4.66. The molecule has 1 aliphatic heterocycles. The molecule has 1 saturated carbocycles. The summed E-state index contributed by atoms with van der Waals surface area (Å²) in [7, 11) is 0. The number of aliphatic imine (C=N–C) groups is 1. The molecule has 1 atom stereocenters. The lowest BCUT2D eigenvalue weighted by Crippen LogP contribution is -2.21. The summed E-state index contributed by atoms with van der Waals surface area (Å²) in [6.45, 7) is 3.45. The van der Waals surface area contributed by atoms with Gasteiger partial charge in [0.05, 0.1) is 0 Å². The van der Waals surface area contributed by atoms with Gasteiger partial charge in [0.2, 0.25) is 0 Å². The average molecular weight is 165 g/mol. The number of hydrogen-bond donors (Lipinski definition) is 0. The van der Waals surface area contributed by atoms with Gasteiger partial charge in [0.1, 0.15) is 0 Å². The Balaban J connectivity index is 1.97. The second kappa shape index (κ2) is 3.59. The summed E-state index contributed by atoms with van der Waals surface area (Å²) >= 11 is 0. The first-order chi connectivity index (χ1) is 5.88. The highest BCUT2D eigenvalue weighted by atomic mass is 14.8. The van der Waals surface area contributed by atoms with E-state index in [1.807, 2.05) is 0 Å². The van der Waals surface area contributed by atoms with Crippen molar-refractivity contribution in [2.45, 2.75) is 45.4 Å². The fourth-order valence-electron chi connectivity index (χ4n) is 2.62. The molecule has 68 valence electrons. The molecular weight excluding hydrogens is 146 g/mol. The molecule has 0 N–H and O–H groups in total. The SMILES string of the molecule is CC1CCN=C1C1CCCCC1. The largest absolute Gasteiger partial charge is 0.294 e. The zero-order valence-corrected chi connectivity index (χ0v) is 8.05. The topological polar surface area (TPSA) is 12.4 Å². The second-order valence-corrected chi connectivity index (χ2v) is 4.33. The van der Waals surface area contributed by atoms with E-state index >= 15 is 0 Å². The minimum Gasteiger partial charge on any atom is -0.294 e. The molecule has 0 bridgehead atoms. The fourth-order valence-corrected chi connectivity index (χ4v) is 2.62. The quantitative estimate of drug-likeness (QED) is 0.566. The zero-order chi connectivity index (χ0) is 8.39. The van der Waals surface area contributed by atoms with Crippen LogP contribution in [-0.4, -0.2) is 12.3 Å². The maximum Gasteiger partial charge on any atom is 0.0395 e. The van der Waals surface area contributed by atoms with E-state index in [0.29, 0.717) is 0 Å². The third kappa shape index (κ3) is 1.55. The highest BCUT2D eigenvalue weighted by Crippen LogP contribution is 2.30. The number of nitrogens with zero attached hydrogens (tertiary/aromatic N) is 1. The van der Waals surface area contributed by atoms with E-state index in [1.165, 1.54) is 38.5 Å². The molecule has 12 heavy (non-hydrogen) atoms. The Kier molecular flexibility index (Phi) is 2.48. The van der Waals surface area contributed by atoms with E-state index in [2.05, 4.69) is 11.9 Å². The van der Waals surface area contributed by atoms with Gasteiger partial charge in [-0.3, -0.25) is 4.99 Å². The Hall–Kier alpha value is -0.330. The van der Waals surface area contributed by atoms with Crippen molar-refractivity contribution in [3.63, 3.8) is 0 Å². The first-order valence-corrected chi connectivity index (χ1v) is 5.42. The Morgan fingerprint density at radius 1 is 1.08 bits per heavy atom. The lowest BCUT2D eigenvalue weighted by atomic mass is 9.82. The molecule has 0 amide bonds. The van der Waals surface area contributed by atoms with Crippen LogP contribution in [0.15, 0.2) is 4.99 Å². The normalized spacial score (nSPS) is 32.1. The monoisotopic (exact) mass is 165 g/mol. The van der Waals surface area contributed by atoms with Gasteiger partial charge in [-0.15, -0.1) is 0 Å². The van der Waals surface area contributed by atoms with Crippen LogP contribution >= 0.6 is 0 Å². The minimum atomic E-state index is 0.799. The Bertz CT molecular complexity index is 177. The van der Waals surface area contributed by atoms with Crippen LogP contribution in [0.2, 0.25) is 0 Å². The first-order valence-electron chi connectivity index (χ1n) is 5.42. The zero-order valence-electron chi connectivity index (χ0n) is 8.05. The third-order valence-electron chi connectivity index (χ3n) is 3.38. The summed E-state index contributed by atoms with van der Waals surface area (Å²) in [5.41, 5.74) is 1.56. The molecule has 1 heterocycles. The number of rotatable bonds is 1. The van der Waals surface area contributed by atoms with Crippen molar-refractivity contribution in [1.29, 1.82) is 0 Å². The summed E-state index contributed by atoms with van der Waals surface area (Å²) < 4.78 is 0. The van der Waals surface area contributed by atoms with Crippen LogP contribution in [-0.2, 0) is 0 Å². The molecule has 0 aromatic heterocycles. The standard InChI is InChI=1S/C11H19N/c1-9-7-8-12-11(9)10-5-3-2-4-6-10/h9-10H,2-8H2,1H3. The van der Waals surface area contributed by atoms with Crippen LogP contribution in [0, 0.1) is 11.8 Å². The van der Waals surface area contributed by atoms with Crippen LogP contribution in [0.25, 0.3) is 0 Å². The molecule has 1 fully saturated rings. The van der Waals surface area contributed by atoms with Gasteiger partial charge >= 0.3 is 0 Å². The van der Waals surface area contributed by atoms with Crippen LogP contribution in [0.4, 0.5) is 0 Å². The highest BCUT2D eigenvalue weighted by Gasteiger charge is 2.25. The van der Waals surface area contributed by atoms with Gasteiger partial charge in [-0.1, -0.05) is 26.2 Å². The lowest BCUT2D eigenvalue weighted by molar-refractivity contribution is 0.430. The van der Waals surface area contributed by atoms with Crippen molar-refractivity contribution < 1.29 is 0 Å². The molecule has 2 aliphatic rings. The first kappa shape index (κ1) is 8.28. The van der Waals surface area contributed by atoms with E-state index in [-0.39, 0.29) is 0 Å². The van der Waals surface area contributed by atoms with Crippen molar-refractivity contribution >= 4 is 5.71 Å². The van der Waals surface area contributed by atoms with E-state index in [0.717, 1.165) is 18.4 Å². The lowest BCUT2D eigenvalue weighted by Gasteiger charge is -2.23. The van der Waals surface area contributed by atoms with E-state index in [4.69, 9.17) is 0 Å². The smallest absolute Gasteiger partial charge is 0.0395 e. The van der Waals surface area contributed by atoms with Gasteiger partial charge in [-0.05, 0) is 31.1 Å². The molecule has 1 aliphatic carbocycles. The molecule has 1 unspecified atom stereocenters. The van der Waals surface area contributed by atoms with Gasteiger partial charge < -0.3 is 0 Å². The van der Waals surface area contributed by atoms with E-state index in [1.54, 1.807) is 5.71 Å². The molecule has 2 rings (SSSR count).